The molecule has 0 fully saturated rings. The number of benzene rings is 1. The molecule has 0 aliphatic carbocycles. The van der Waals surface area contributed by atoms with E-state index in [2.05, 4.69) is 9.97 Å². The van der Waals surface area contributed by atoms with Crippen molar-refractivity contribution in [2.75, 3.05) is 0 Å². The van der Waals surface area contributed by atoms with E-state index in [9.17, 15) is 14.7 Å². The van der Waals surface area contributed by atoms with E-state index in [1.54, 1.807) is 0 Å². The molecule has 6 heteroatoms. The number of rotatable bonds is 2. The fourth-order valence-corrected chi connectivity index (χ4v) is 1.36. The first-order chi connectivity index (χ1) is 7.08. The standard InChI is InChI=1S/C9H8N2O4/c12-7(8(13)14)4-1-2-5-6(3-4)11-9(15)10-5/h1-3,7,12H,(H,13,14)(H2,10,11,15). The van der Waals surface area contributed by atoms with Crippen molar-refractivity contribution < 1.29 is 15.0 Å². The number of aliphatic carboxylic acids is 1. The second-order valence-electron chi connectivity index (χ2n) is 3.12. The van der Waals surface area contributed by atoms with E-state index in [1.165, 1.54) is 18.2 Å². The van der Waals surface area contributed by atoms with Gasteiger partial charge < -0.3 is 20.2 Å². The first-order valence-corrected chi connectivity index (χ1v) is 4.21. The van der Waals surface area contributed by atoms with Crippen LogP contribution in [0.5, 0.6) is 0 Å². The molecule has 0 radical (unpaired) electrons. The van der Waals surface area contributed by atoms with Crippen LogP contribution in [0.1, 0.15) is 11.7 Å². The van der Waals surface area contributed by atoms with Gasteiger partial charge in [0.15, 0.2) is 6.10 Å². The third-order valence-electron chi connectivity index (χ3n) is 2.09. The van der Waals surface area contributed by atoms with Gasteiger partial charge in [0, 0.05) is 0 Å². The first-order valence-electron chi connectivity index (χ1n) is 4.21. The number of carboxylic acids is 1. The number of imidazole rings is 1. The average Bonchev–Trinajstić information content (AvgIpc) is 2.55. The van der Waals surface area contributed by atoms with Gasteiger partial charge in [-0.25, -0.2) is 9.59 Å². The summed E-state index contributed by atoms with van der Waals surface area (Å²) in [5.41, 5.74) is 0.899. The van der Waals surface area contributed by atoms with Crippen LogP contribution in [0, 0.1) is 0 Å². The van der Waals surface area contributed by atoms with Gasteiger partial charge in [-0.15, -0.1) is 0 Å². The predicted octanol–water partition coefficient (Wildman–Crippen LogP) is -0.0258. The van der Waals surface area contributed by atoms with Crippen molar-refractivity contribution in [3.05, 3.63) is 34.2 Å². The number of nitrogens with one attached hydrogen (secondary N) is 2. The van der Waals surface area contributed by atoms with Gasteiger partial charge in [0.1, 0.15) is 0 Å². The lowest BCUT2D eigenvalue weighted by Crippen LogP contribution is -2.10. The van der Waals surface area contributed by atoms with Gasteiger partial charge in [0.25, 0.3) is 0 Å². The van der Waals surface area contributed by atoms with Crippen molar-refractivity contribution >= 4 is 17.0 Å². The highest BCUT2D eigenvalue weighted by Crippen LogP contribution is 2.17. The number of aliphatic hydroxyl groups excluding tert-OH is 1. The van der Waals surface area contributed by atoms with Gasteiger partial charge in [0.2, 0.25) is 0 Å². The van der Waals surface area contributed by atoms with E-state index in [4.69, 9.17) is 5.11 Å². The van der Waals surface area contributed by atoms with Gasteiger partial charge in [-0.05, 0) is 17.7 Å². The summed E-state index contributed by atoms with van der Waals surface area (Å²) in [7, 11) is 0. The molecule has 1 atom stereocenters. The monoisotopic (exact) mass is 208 g/mol. The molecular weight excluding hydrogens is 200 g/mol. The van der Waals surface area contributed by atoms with Crippen molar-refractivity contribution in [1.82, 2.24) is 9.97 Å². The molecule has 1 aromatic carbocycles. The molecule has 0 aliphatic heterocycles. The number of aromatic nitrogens is 2. The molecule has 1 aromatic heterocycles. The molecule has 0 saturated carbocycles. The number of aromatic amines is 2. The third-order valence-corrected chi connectivity index (χ3v) is 2.09. The molecule has 2 aromatic rings. The molecule has 1 unspecified atom stereocenters. The maximum Gasteiger partial charge on any atom is 0.337 e. The van der Waals surface area contributed by atoms with Crippen molar-refractivity contribution in [2.45, 2.75) is 6.10 Å². The van der Waals surface area contributed by atoms with Gasteiger partial charge in [-0.3, -0.25) is 0 Å². The van der Waals surface area contributed by atoms with Crippen LogP contribution in [-0.2, 0) is 4.79 Å². The number of H-pyrrole nitrogens is 2. The van der Waals surface area contributed by atoms with Crippen LogP contribution in [-0.4, -0.2) is 26.2 Å². The molecule has 78 valence electrons. The molecule has 0 saturated heterocycles. The van der Waals surface area contributed by atoms with Crippen LogP contribution in [0.25, 0.3) is 11.0 Å². The van der Waals surface area contributed by atoms with Crippen molar-refractivity contribution in [3.8, 4) is 0 Å². The van der Waals surface area contributed by atoms with Crippen LogP contribution < -0.4 is 5.69 Å². The number of hydrogen-bond donors (Lipinski definition) is 4. The molecule has 0 aliphatic rings. The Morgan fingerprint density at radius 2 is 1.93 bits per heavy atom. The number of carboxylic acid groups (broad SMARTS) is 1. The fraction of sp³-hybridized carbons (Fsp3) is 0.111. The maximum absolute atomic E-state index is 10.9. The highest BCUT2D eigenvalue weighted by Gasteiger charge is 2.16. The largest absolute Gasteiger partial charge is 0.479 e. The summed E-state index contributed by atoms with van der Waals surface area (Å²) in [5, 5.41) is 17.8. The van der Waals surface area contributed by atoms with Crippen LogP contribution in [0.2, 0.25) is 0 Å². The minimum atomic E-state index is -1.58. The molecular formula is C9H8N2O4. The second kappa shape index (κ2) is 3.25. The van der Waals surface area contributed by atoms with E-state index >= 15 is 0 Å². The molecule has 4 N–H and O–H groups in total. The number of fused-ring (bicyclic) bond motifs is 1. The van der Waals surface area contributed by atoms with E-state index in [0.717, 1.165) is 0 Å². The van der Waals surface area contributed by atoms with Crippen LogP contribution >= 0.6 is 0 Å². The van der Waals surface area contributed by atoms with Gasteiger partial charge >= 0.3 is 11.7 Å². The number of hydrogen-bond acceptors (Lipinski definition) is 3. The Morgan fingerprint density at radius 1 is 1.27 bits per heavy atom. The topological polar surface area (TPSA) is 106 Å². The number of carbonyl (C=O) groups is 1. The summed E-state index contributed by atoms with van der Waals surface area (Å²) in [6.07, 6.45) is -1.58. The highest BCUT2D eigenvalue weighted by atomic mass is 16.4. The smallest absolute Gasteiger partial charge is 0.337 e. The quantitative estimate of drug-likeness (QED) is 0.556. The molecule has 0 amide bonds. The molecule has 1 heterocycles. The van der Waals surface area contributed by atoms with E-state index in [0.29, 0.717) is 11.0 Å². The highest BCUT2D eigenvalue weighted by molar-refractivity contribution is 5.79. The zero-order chi connectivity index (χ0) is 11.0. The van der Waals surface area contributed by atoms with E-state index < -0.39 is 12.1 Å². The number of aliphatic hydroxyl groups is 1. The lowest BCUT2D eigenvalue weighted by atomic mass is 10.1. The fourth-order valence-electron chi connectivity index (χ4n) is 1.36. The summed E-state index contributed by atoms with van der Waals surface area (Å²) in [6.45, 7) is 0. The van der Waals surface area contributed by atoms with Crippen molar-refractivity contribution in [1.29, 1.82) is 0 Å². The summed E-state index contributed by atoms with van der Waals surface area (Å²) in [4.78, 5) is 26.4. The zero-order valence-electron chi connectivity index (χ0n) is 7.52. The van der Waals surface area contributed by atoms with Crippen molar-refractivity contribution in [3.63, 3.8) is 0 Å². The maximum atomic E-state index is 10.9. The Balaban J connectivity index is 2.55. The summed E-state index contributed by atoms with van der Waals surface area (Å²) in [5.74, 6) is -1.33. The SMILES string of the molecule is O=C(O)C(O)c1ccc2[nH]c(=O)[nH]c2c1. The Morgan fingerprint density at radius 3 is 2.60 bits per heavy atom. The van der Waals surface area contributed by atoms with Crippen LogP contribution in [0.3, 0.4) is 0 Å². The Kier molecular flexibility index (Phi) is 2.05. The normalized spacial score (nSPS) is 12.9. The molecule has 2 rings (SSSR count). The molecule has 6 nitrogen and oxygen atoms in total. The summed E-state index contributed by atoms with van der Waals surface area (Å²) >= 11 is 0. The lowest BCUT2D eigenvalue weighted by molar-refractivity contribution is -0.146. The molecule has 0 bridgehead atoms. The molecule has 15 heavy (non-hydrogen) atoms. The van der Waals surface area contributed by atoms with E-state index in [-0.39, 0.29) is 11.3 Å². The Labute approximate surface area is 83.2 Å². The van der Waals surface area contributed by atoms with Crippen LogP contribution in [0.15, 0.2) is 23.0 Å². The zero-order valence-corrected chi connectivity index (χ0v) is 7.52. The minimum absolute atomic E-state index is 0.227. The molecule has 0 spiro atoms. The third kappa shape index (κ3) is 1.62. The Bertz CT molecular complexity index is 569. The van der Waals surface area contributed by atoms with Gasteiger partial charge in [0.05, 0.1) is 11.0 Å². The summed E-state index contributed by atoms with van der Waals surface area (Å²) in [6, 6.07) is 4.41. The van der Waals surface area contributed by atoms with E-state index in [1.807, 2.05) is 0 Å². The van der Waals surface area contributed by atoms with Crippen LogP contribution in [0.4, 0.5) is 0 Å². The average molecular weight is 208 g/mol. The van der Waals surface area contributed by atoms with Gasteiger partial charge in [-0.1, -0.05) is 6.07 Å². The predicted molar refractivity (Wildman–Crippen MR) is 51.5 cm³/mol. The summed E-state index contributed by atoms with van der Waals surface area (Å²) < 4.78 is 0. The van der Waals surface area contributed by atoms with Crippen molar-refractivity contribution in [2.24, 2.45) is 0 Å². The first kappa shape index (κ1) is 9.47. The second-order valence-corrected chi connectivity index (χ2v) is 3.12. The van der Waals surface area contributed by atoms with Gasteiger partial charge in [-0.2, -0.15) is 0 Å². The lowest BCUT2D eigenvalue weighted by Gasteiger charge is -2.04. The minimum Gasteiger partial charge on any atom is -0.479 e. The Hall–Kier alpha value is -2.08.